The number of hydrogen-bond donors (Lipinski definition) is 3. The second kappa shape index (κ2) is 8.52. The standard InChI is InChI=1S/C25H23ClN2O2S/c1-27-22-19-10-5-9-17(15-6-4-7-16(26)14-15)23(19)31-24(22)25(29)28-20-12-13-30-21-11-3-2-8-18(20)21/h2-11,14,20,25,27-29H,12-13H2,1H3/t20-,25?/m0/s1. The van der Waals surface area contributed by atoms with Gasteiger partial charge in [-0.2, -0.15) is 0 Å². The van der Waals surface area contributed by atoms with Crippen molar-refractivity contribution in [3.63, 3.8) is 0 Å². The lowest BCUT2D eigenvalue weighted by Gasteiger charge is -2.28. The third kappa shape index (κ3) is 3.79. The molecule has 0 aliphatic carbocycles. The number of ether oxygens (including phenoxy) is 1. The Bertz CT molecular complexity index is 1240. The molecule has 31 heavy (non-hydrogen) atoms. The highest BCUT2D eigenvalue weighted by Gasteiger charge is 2.26. The fourth-order valence-electron chi connectivity index (χ4n) is 4.25. The van der Waals surface area contributed by atoms with Gasteiger partial charge in [0.15, 0.2) is 0 Å². The third-order valence-corrected chi connectivity index (χ3v) is 7.22. The lowest BCUT2D eigenvalue weighted by atomic mass is 10.0. The normalized spacial score (nSPS) is 16.5. The van der Waals surface area contributed by atoms with Crippen molar-refractivity contribution in [1.29, 1.82) is 0 Å². The van der Waals surface area contributed by atoms with E-state index in [1.54, 1.807) is 11.3 Å². The van der Waals surface area contributed by atoms with Crippen molar-refractivity contribution in [1.82, 2.24) is 5.32 Å². The number of aliphatic hydroxyl groups is 1. The second-order valence-corrected chi connectivity index (χ2v) is 9.07. The van der Waals surface area contributed by atoms with Gasteiger partial charge in [-0.15, -0.1) is 11.3 Å². The fraction of sp³-hybridized carbons (Fsp3) is 0.200. The lowest BCUT2D eigenvalue weighted by molar-refractivity contribution is 0.114. The van der Waals surface area contributed by atoms with Crippen molar-refractivity contribution in [3.05, 3.63) is 82.2 Å². The van der Waals surface area contributed by atoms with Crippen LogP contribution in [0.1, 0.15) is 29.1 Å². The van der Waals surface area contributed by atoms with Crippen molar-refractivity contribution >= 4 is 38.7 Å². The number of hydrogen-bond acceptors (Lipinski definition) is 5. The molecule has 0 spiro atoms. The number of nitrogens with one attached hydrogen (secondary N) is 2. The quantitative estimate of drug-likeness (QED) is 0.309. The highest BCUT2D eigenvalue weighted by molar-refractivity contribution is 7.20. The molecule has 158 valence electrons. The summed E-state index contributed by atoms with van der Waals surface area (Å²) in [5.41, 5.74) is 4.20. The van der Waals surface area contributed by atoms with Crippen LogP contribution in [0.25, 0.3) is 21.2 Å². The van der Waals surface area contributed by atoms with Crippen molar-refractivity contribution in [2.75, 3.05) is 19.0 Å². The van der Waals surface area contributed by atoms with E-state index in [-0.39, 0.29) is 6.04 Å². The summed E-state index contributed by atoms with van der Waals surface area (Å²) in [6.45, 7) is 0.631. The predicted octanol–water partition coefficient (Wildman–Crippen LogP) is 6.37. The maximum atomic E-state index is 11.2. The first kappa shape index (κ1) is 20.3. The number of halogens is 1. The largest absolute Gasteiger partial charge is 0.493 e. The lowest BCUT2D eigenvalue weighted by Crippen LogP contribution is -2.30. The molecular formula is C25H23ClN2O2S. The predicted molar refractivity (Wildman–Crippen MR) is 129 cm³/mol. The summed E-state index contributed by atoms with van der Waals surface area (Å²) in [7, 11) is 1.90. The first-order valence-electron chi connectivity index (χ1n) is 10.3. The average molecular weight is 451 g/mol. The van der Waals surface area contributed by atoms with Gasteiger partial charge in [-0.25, -0.2) is 0 Å². The molecule has 4 nitrogen and oxygen atoms in total. The van der Waals surface area contributed by atoms with Crippen LogP contribution in [0.5, 0.6) is 5.75 Å². The molecule has 3 N–H and O–H groups in total. The summed E-state index contributed by atoms with van der Waals surface area (Å²) >= 11 is 7.85. The van der Waals surface area contributed by atoms with Crippen molar-refractivity contribution in [2.24, 2.45) is 0 Å². The molecule has 0 fully saturated rings. The summed E-state index contributed by atoms with van der Waals surface area (Å²) in [6.07, 6.45) is 0.00459. The van der Waals surface area contributed by atoms with E-state index in [1.165, 1.54) is 0 Å². The maximum absolute atomic E-state index is 11.2. The molecule has 0 saturated carbocycles. The first-order valence-corrected chi connectivity index (χ1v) is 11.5. The van der Waals surface area contributed by atoms with Gasteiger partial charge in [0.2, 0.25) is 0 Å². The summed E-state index contributed by atoms with van der Waals surface area (Å²) in [6, 6.07) is 22.2. The molecule has 0 amide bonds. The van der Waals surface area contributed by atoms with Gasteiger partial charge in [-0.1, -0.05) is 60.1 Å². The monoisotopic (exact) mass is 450 g/mol. The zero-order chi connectivity index (χ0) is 21.4. The Morgan fingerprint density at radius 1 is 1.10 bits per heavy atom. The van der Waals surface area contributed by atoms with Gasteiger partial charge in [0.05, 0.1) is 17.2 Å². The minimum Gasteiger partial charge on any atom is -0.493 e. The summed E-state index contributed by atoms with van der Waals surface area (Å²) < 4.78 is 6.89. The summed E-state index contributed by atoms with van der Waals surface area (Å²) in [4.78, 5) is 0.871. The van der Waals surface area contributed by atoms with Gasteiger partial charge < -0.3 is 15.2 Å². The molecule has 1 aliphatic rings. The van der Waals surface area contributed by atoms with Crippen LogP contribution in [0, 0.1) is 0 Å². The Morgan fingerprint density at radius 2 is 1.94 bits per heavy atom. The van der Waals surface area contributed by atoms with E-state index >= 15 is 0 Å². The number of fused-ring (bicyclic) bond motifs is 2. The Labute approximate surface area is 190 Å². The van der Waals surface area contributed by atoms with E-state index in [4.69, 9.17) is 16.3 Å². The van der Waals surface area contributed by atoms with Crippen LogP contribution in [0.4, 0.5) is 5.69 Å². The zero-order valence-corrected chi connectivity index (χ0v) is 18.6. The molecule has 1 aliphatic heterocycles. The Morgan fingerprint density at radius 3 is 2.77 bits per heavy atom. The number of anilines is 1. The van der Waals surface area contributed by atoms with E-state index in [0.29, 0.717) is 11.6 Å². The van der Waals surface area contributed by atoms with Gasteiger partial charge in [0.25, 0.3) is 0 Å². The van der Waals surface area contributed by atoms with Crippen LogP contribution in [0.15, 0.2) is 66.7 Å². The number of thiophene rings is 1. The second-order valence-electron chi connectivity index (χ2n) is 7.58. The van der Waals surface area contributed by atoms with Crippen molar-refractivity contribution < 1.29 is 9.84 Å². The molecular weight excluding hydrogens is 428 g/mol. The van der Waals surface area contributed by atoms with Crippen LogP contribution < -0.4 is 15.4 Å². The molecule has 6 heteroatoms. The summed E-state index contributed by atoms with van der Waals surface area (Å²) in [5.74, 6) is 0.881. The van der Waals surface area contributed by atoms with E-state index < -0.39 is 6.23 Å². The molecule has 0 radical (unpaired) electrons. The number of aliphatic hydroxyl groups excluding tert-OH is 1. The molecule has 3 aromatic carbocycles. The van der Waals surface area contributed by atoms with Gasteiger partial charge in [0.1, 0.15) is 12.0 Å². The Hall–Kier alpha value is -2.57. The Kier molecular flexibility index (Phi) is 5.59. The number of benzene rings is 3. The number of rotatable bonds is 5. The van der Waals surface area contributed by atoms with Gasteiger partial charge >= 0.3 is 0 Å². The smallest absolute Gasteiger partial charge is 0.142 e. The van der Waals surface area contributed by atoms with Crippen molar-refractivity contribution in [2.45, 2.75) is 18.7 Å². The molecule has 1 aromatic heterocycles. The van der Waals surface area contributed by atoms with Gasteiger partial charge in [-0.05, 0) is 29.3 Å². The van der Waals surface area contributed by atoms with Crippen LogP contribution in [0.3, 0.4) is 0 Å². The molecule has 0 bridgehead atoms. The number of para-hydroxylation sites is 1. The zero-order valence-electron chi connectivity index (χ0n) is 17.1. The molecule has 2 heterocycles. The third-order valence-electron chi connectivity index (χ3n) is 5.69. The molecule has 2 atom stereocenters. The molecule has 5 rings (SSSR count). The average Bonchev–Trinajstić information content (AvgIpc) is 3.18. The van der Waals surface area contributed by atoms with E-state index in [9.17, 15) is 5.11 Å². The van der Waals surface area contributed by atoms with Crippen LogP contribution in [-0.2, 0) is 0 Å². The van der Waals surface area contributed by atoms with E-state index in [2.05, 4.69) is 34.9 Å². The SMILES string of the molecule is CNc1c(C(O)N[C@H]2CCOc3ccccc32)sc2c(-c3cccc(Cl)c3)cccc12. The molecule has 4 aromatic rings. The summed E-state index contributed by atoms with van der Waals surface area (Å²) in [5, 5.41) is 19.7. The first-order chi connectivity index (χ1) is 15.2. The Balaban J connectivity index is 1.54. The fourth-order valence-corrected chi connectivity index (χ4v) is 5.73. The molecule has 1 unspecified atom stereocenters. The van der Waals surface area contributed by atoms with E-state index in [1.807, 2.05) is 49.5 Å². The van der Waals surface area contributed by atoms with Gasteiger partial charge in [0, 0.05) is 40.2 Å². The minimum absolute atomic E-state index is 0.0299. The van der Waals surface area contributed by atoms with Crippen LogP contribution >= 0.6 is 22.9 Å². The van der Waals surface area contributed by atoms with Crippen LogP contribution in [0.2, 0.25) is 5.02 Å². The minimum atomic E-state index is -0.803. The van der Waals surface area contributed by atoms with Crippen molar-refractivity contribution in [3.8, 4) is 16.9 Å². The maximum Gasteiger partial charge on any atom is 0.142 e. The molecule has 0 saturated heterocycles. The van der Waals surface area contributed by atoms with Crippen LogP contribution in [-0.4, -0.2) is 18.8 Å². The highest BCUT2D eigenvalue weighted by Crippen LogP contribution is 2.44. The van der Waals surface area contributed by atoms with Gasteiger partial charge in [-0.3, -0.25) is 5.32 Å². The van der Waals surface area contributed by atoms with E-state index in [0.717, 1.165) is 49.5 Å². The topological polar surface area (TPSA) is 53.5 Å². The highest BCUT2D eigenvalue weighted by atomic mass is 35.5.